The Morgan fingerprint density at radius 3 is 3.00 bits per heavy atom. The molecular weight excluding hydrogens is 270 g/mol. The van der Waals surface area contributed by atoms with Crippen LogP contribution < -0.4 is 5.32 Å². The molecule has 0 aromatic carbocycles. The fraction of sp³-hybridized carbons (Fsp3) is 0.533. The quantitative estimate of drug-likeness (QED) is 0.869. The van der Waals surface area contributed by atoms with Gasteiger partial charge in [-0.15, -0.1) is 0 Å². The number of urea groups is 1. The van der Waals surface area contributed by atoms with Crippen LogP contribution in [-0.2, 0) is 11.3 Å². The van der Waals surface area contributed by atoms with Crippen molar-refractivity contribution in [1.82, 2.24) is 15.2 Å². The predicted molar refractivity (Wildman–Crippen MR) is 77.7 cm³/mol. The highest BCUT2D eigenvalue weighted by Crippen LogP contribution is 2.21. The number of carbonyl (C=O) groups is 2. The highest BCUT2D eigenvalue weighted by atomic mass is 16.4. The molecule has 2 N–H and O–H groups in total. The fourth-order valence-electron chi connectivity index (χ4n) is 2.64. The van der Waals surface area contributed by atoms with Crippen LogP contribution in [-0.4, -0.2) is 39.6 Å². The van der Waals surface area contributed by atoms with Crippen LogP contribution in [0.25, 0.3) is 0 Å². The molecule has 2 rings (SSSR count). The summed E-state index contributed by atoms with van der Waals surface area (Å²) < 4.78 is 0. The normalized spacial score (nSPS) is 18.3. The number of piperidine rings is 1. The number of aromatic nitrogens is 1. The topological polar surface area (TPSA) is 82.5 Å². The summed E-state index contributed by atoms with van der Waals surface area (Å²) in [7, 11) is 0. The molecule has 0 spiro atoms. The van der Waals surface area contributed by atoms with Crippen molar-refractivity contribution in [1.29, 1.82) is 0 Å². The second-order valence-corrected chi connectivity index (χ2v) is 5.30. The molecular formula is C15H21N3O3. The largest absolute Gasteiger partial charge is 0.481 e. The van der Waals surface area contributed by atoms with Gasteiger partial charge >= 0.3 is 12.0 Å². The average Bonchev–Trinajstić information content (AvgIpc) is 2.52. The lowest BCUT2D eigenvalue weighted by Gasteiger charge is -2.35. The minimum Gasteiger partial charge on any atom is -0.481 e. The highest BCUT2D eigenvalue weighted by Gasteiger charge is 2.26. The van der Waals surface area contributed by atoms with Gasteiger partial charge in [0, 0.05) is 37.9 Å². The molecule has 114 valence electrons. The van der Waals surface area contributed by atoms with Gasteiger partial charge in [-0.05, 0) is 37.3 Å². The van der Waals surface area contributed by atoms with Crippen LogP contribution in [0.3, 0.4) is 0 Å². The summed E-state index contributed by atoms with van der Waals surface area (Å²) >= 11 is 0. The first-order chi connectivity index (χ1) is 10.2. The smallest absolute Gasteiger partial charge is 0.317 e. The number of carboxylic acid groups (broad SMARTS) is 1. The number of hydrogen-bond acceptors (Lipinski definition) is 3. The van der Waals surface area contributed by atoms with Gasteiger partial charge in [0.25, 0.3) is 0 Å². The van der Waals surface area contributed by atoms with Crippen LogP contribution in [0.4, 0.5) is 4.79 Å². The summed E-state index contributed by atoms with van der Waals surface area (Å²) in [6, 6.07) is 3.65. The van der Waals surface area contributed by atoms with E-state index in [4.69, 9.17) is 5.11 Å². The maximum atomic E-state index is 12.3. The number of amides is 2. The minimum atomic E-state index is -0.809. The van der Waals surface area contributed by atoms with Crippen molar-refractivity contribution in [3.63, 3.8) is 0 Å². The molecule has 1 unspecified atom stereocenters. The Morgan fingerprint density at radius 1 is 1.43 bits per heavy atom. The third-order valence-corrected chi connectivity index (χ3v) is 3.75. The van der Waals surface area contributed by atoms with E-state index in [0.717, 1.165) is 24.8 Å². The van der Waals surface area contributed by atoms with E-state index < -0.39 is 5.97 Å². The Hall–Kier alpha value is -2.11. The molecule has 6 heteroatoms. The lowest BCUT2D eigenvalue weighted by Crippen LogP contribution is -2.48. The van der Waals surface area contributed by atoms with Crippen LogP contribution in [0.1, 0.15) is 37.7 Å². The van der Waals surface area contributed by atoms with Crippen LogP contribution in [0.5, 0.6) is 0 Å². The van der Waals surface area contributed by atoms with Gasteiger partial charge in [0.2, 0.25) is 0 Å². The van der Waals surface area contributed by atoms with E-state index in [1.807, 2.05) is 12.1 Å². The maximum absolute atomic E-state index is 12.3. The van der Waals surface area contributed by atoms with E-state index in [9.17, 15) is 9.59 Å². The number of likely N-dealkylation sites (tertiary alicyclic amines) is 1. The first-order valence-corrected chi connectivity index (χ1v) is 7.32. The van der Waals surface area contributed by atoms with Crippen molar-refractivity contribution in [3.8, 4) is 0 Å². The van der Waals surface area contributed by atoms with Crippen molar-refractivity contribution in [2.24, 2.45) is 0 Å². The summed E-state index contributed by atoms with van der Waals surface area (Å²) in [5, 5.41) is 11.7. The lowest BCUT2D eigenvalue weighted by molar-refractivity contribution is -0.137. The number of carbonyl (C=O) groups excluding carboxylic acids is 1. The average molecular weight is 291 g/mol. The summed E-state index contributed by atoms with van der Waals surface area (Å²) in [5.41, 5.74) is 0.949. The van der Waals surface area contributed by atoms with Gasteiger partial charge in [-0.1, -0.05) is 6.07 Å². The molecule has 1 aliphatic heterocycles. The van der Waals surface area contributed by atoms with Gasteiger partial charge in [-0.25, -0.2) is 4.79 Å². The zero-order chi connectivity index (χ0) is 15.1. The Labute approximate surface area is 124 Å². The number of nitrogens with zero attached hydrogens (tertiary/aromatic N) is 2. The molecule has 2 heterocycles. The number of nitrogens with one attached hydrogen (secondary N) is 1. The zero-order valence-electron chi connectivity index (χ0n) is 12.0. The molecule has 1 fully saturated rings. The van der Waals surface area contributed by atoms with Gasteiger partial charge < -0.3 is 15.3 Å². The molecule has 0 bridgehead atoms. The van der Waals surface area contributed by atoms with Crippen LogP contribution in [0.2, 0.25) is 0 Å². The number of pyridine rings is 1. The summed E-state index contributed by atoms with van der Waals surface area (Å²) in [6.07, 6.45) is 6.96. The molecule has 1 atom stereocenters. The van der Waals surface area contributed by atoms with Crippen molar-refractivity contribution < 1.29 is 14.7 Å². The number of rotatable bonds is 5. The molecule has 0 saturated carbocycles. The Kier molecular flexibility index (Phi) is 5.54. The second-order valence-electron chi connectivity index (χ2n) is 5.30. The van der Waals surface area contributed by atoms with E-state index in [1.54, 1.807) is 17.3 Å². The van der Waals surface area contributed by atoms with Gasteiger partial charge in [0.1, 0.15) is 0 Å². The molecule has 1 aromatic rings. The molecule has 1 saturated heterocycles. The summed E-state index contributed by atoms with van der Waals surface area (Å²) in [4.78, 5) is 28.8. The third kappa shape index (κ3) is 4.73. The van der Waals surface area contributed by atoms with Crippen LogP contribution >= 0.6 is 0 Å². The van der Waals surface area contributed by atoms with Gasteiger partial charge in [0.15, 0.2) is 0 Å². The molecule has 1 aliphatic rings. The zero-order valence-corrected chi connectivity index (χ0v) is 12.0. The molecule has 0 radical (unpaired) electrons. The maximum Gasteiger partial charge on any atom is 0.317 e. The monoisotopic (exact) mass is 291 g/mol. The van der Waals surface area contributed by atoms with Crippen LogP contribution in [0, 0.1) is 0 Å². The molecule has 2 amide bonds. The SMILES string of the molecule is O=C(O)CCC1CCCCN1C(=O)NCc1cccnc1. The van der Waals surface area contributed by atoms with E-state index in [-0.39, 0.29) is 18.5 Å². The minimum absolute atomic E-state index is 0.0312. The van der Waals surface area contributed by atoms with Crippen LogP contribution in [0.15, 0.2) is 24.5 Å². The van der Waals surface area contributed by atoms with E-state index in [1.165, 1.54) is 0 Å². The van der Waals surface area contributed by atoms with E-state index in [2.05, 4.69) is 10.3 Å². The third-order valence-electron chi connectivity index (χ3n) is 3.75. The van der Waals surface area contributed by atoms with Crippen molar-refractivity contribution in [2.45, 2.75) is 44.7 Å². The predicted octanol–water partition coefficient (Wildman–Crippen LogP) is 2.01. The van der Waals surface area contributed by atoms with Crippen molar-refractivity contribution >= 4 is 12.0 Å². The summed E-state index contributed by atoms with van der Waals surface area (Å²) in [5.74, 6) is -0.809. The standard InChI is InChI=1S/C15H21N3O3/c19-14(20)7-6-13-5-1-2-9-18(13)15(21)17-11-12-4-3-8-16-10-12/h3-4,8,10,13H,1-2,5-7,9,11H2,(H,17,21)(H,19,20). The number of hydrogen-bond donors (Lipinski definition) is 2. The first kappa shape index (κ1) is 15.3. The van der Waals surface area contributed by atoms with Crippen molar-refractivity contribution in [2.75, 3.05) is 6.54 Å². The first-order valence-electron chi connectivity index (χ1n) is 7.32. The Morgan fingerprint density at radius 2 is 2.29 bits per heavy atom. The molecule has 21 heavy (non-hydrogen) atoms. The Balaban J connectivity index is 1.87. The van der Waals surface area contributed by atoms with Gasteiger partial charge in [-0.2, -0.15) is 0 Å². The number of carboxylic acids is 1. The number of aliphatic carboxylic acids is 1. The Bertz CT molecular complexity index is 478. The molecule has 1 aromatic heterocycles. The lowest BCUT2D eigenvalue weighted by atomic mass is 9.98. The molecule has 6 nitrogen and oxygen atoms in total. The highest BCUT2D eigenvalue weighted by molar-refractivity contribution is 5.74. The van der Waals surface area contributed by atoms with Gasteiger partial charge in [0.05, 0.1) is 0 Å². The summed E-state index contributed by atoms with van der Waals surface area (Å²) in [6.45, 7) is 1.14. The van der Waals surface area contributed by atoms with Crippen molar-refractivity contribution in [3.05, 3.63) is 30.1 Å². The van der Waals surface area contributed by atoms with E-state index in [0.29, 0.717) is 19.5 Å². The molecule has 0 aliphatic carbocycles. The van der Waals surface area contributed by atoms with Gasteiger partial charge in [-0.3, -0.25) is 9.78 Å². The fourth-order valence-corrected chi connectivity index (χ4v) is 2.64. The van der Waals surface area contributed by atoms with E-state index >= 15 is 0 Å². The second kappa shape index (κ2) is 7.61.